The highest BCUT2D eigenvalue weighted by atomic mass is 127. The van der Waals surface area contributed by atoms with Gasteiger partial charge in [0.05, 0.1) is 23.1 Å². The molecular weight excluding hydrogens is 533 g/mol. The molecule has 0 aromatic carbocycles. The van der Waals surface area contributed by atoms with E-state index in [2.05, 4.69) is 62.0 Å². The molecule has 0 aliphatic carbocycles. The van der Waals surface area contributed by atoms with E-state index in [4.69, 9.17) is 4.99 Å². The first-order valence-electron chi connectivity index (χ1n) is 11.8. The van der Waals surface area contributed by atoms with Crippen LogP contribution in [0, 0.1) is 18.8 Å². The van der Waals surface area contributed by atoms with Crippen LogP contribution in [0.15, 0.2) is 29.1 Å². The largest absolute Gasteiger partial charge is 0.357 e. The highest BCUT2D eigenvalue weighted by Gasteiger charge is 2.29. The second-order valence-electron chi connectivity index (χ2n) is 9.06. The summed E-state index contributed by atoms with van der Waals surface area (Å²) in [7, 11) is 0. The van der Waals surface area contributed by atoms with Gasteiger partial charge in [0.1, 0.15) is 0 Å². The summed E-state index contributed by atoms with van der Waals surface area (Å²) in [5.74, 6) is 2.41. The number of aliphatic imine (C=N–C) groups is 1. The molecule has 32 heavy (non-hydrogen) atoms. The number of halogens is 1. The van der Waals surface area contributed by atoms with Crippen LogP contribution in [-0.4, -0.2) is 69.6 Å². The molecule has 7 nitrogen and oxygen atoms in total. The van der Waals surface area contributed by atoms with E-state index in [9.17, 15) is 0 Å². The first-order chi connectivity index (χ1) is 15.1. The number of nitrogens with zero attached hydrogens (tertiary/aromatic N) is 6. The quantitative estimate of drug-likeness (QED) is 0.323. The van der Waals surface area contributed by atoms with Gasteiger partial charge in [-0.25, -0.2) is 9.97 Å². The van der Waals surface area contributed by atoms with E-state index in [1.807, 2.05) is 12.5 Å². The summed E-state index contributed by atoms with van der Waals surface area (Å²) in [5.41, 5.74) is 1.22. The molecule has 0 radical (unpaired) electrons. The number of nitrogens with one attached hydrogen (secondary N) is 1. The van der Waals surface area contributed by atoms with Gasteiger partial charge in [0.15, 0.2) is 5.96 Å². The standard InChI is InChI=1S/C23H37N7S.HI/c1-4-25-23(29-11-5-18(2)22(15-29)30-12-8-24-17-30)26-13-20-6-9-28(10-7-20)14-21-16-31-19(3)27-21;/h8,12,16-18,20,22H,4-7,9-11,13-15H2,1-3H3,(H,25,26);1H. The van der Waals surface area contributed by atoms with Crippen molar-refractivity contribution in [3.63, 3.8) is 0 Å². The Balaban J connectivity index is 0.00000289. The summed E-state index contributed by atoms with van der Waals surface area (Å²) in [6, 6.07) is 0.456. The molecule has 4 rings (SSSR count). The smallest absolute Gasteiger partial charge is 0.193 e. The average molecular weight is 572 g/mol. The van der Waals surface area contributed by atoms with Crippen molar-refractivity contribution in [1.29, 1.82) is 0 Å². The zero-order valence-electron chi connectivity index (χ0n) is 19.6. The number of hydrogen-bond acceptors (Lipinski definition) is 5. The Kier molecular flexibility index (Phi) is 9.78. The molecule has 2 aliphatic heterocycles. The van der Waals surface area contributed by atoms with E-state index in [-0.39, 0.29) is 24.0 Å². The third kappa shape index (κ3) is 6.66. The van der Waals surface area contributed by atoms with Gasteiger partial charge >= 0.3 is 0 Å². The van der Waals surface area contributed by atoms with Crippen LogP contribution in [0.3, 0.4) is 0 Å². The van der Waals surface area contributed by atoms with Gasteiger partial charge in [0.2, 0.25) is 0 Å². The summed E-state index contributed by atoms with van der Waals surface area (Å²) in [6.45, 7) is 13.8. The topological polar surface area (TPSA) is 61.6 Å². The van der Waals surface area contributed by atoms with Crippen LogP contribution in [0.2, 0.25) is 0 Å². The molecule has 1 N–H and O–H groups in total. The van der Waals surface area contributed by atoms with E-state index in [1.54, 1.807) is 11.3 Å². The lowest BCUT2D eigenvalue weighted by Crippen LogP contribution is -2.49. The number of hydrogen-bond donors (Lipinski definition) is 1. The Hall–Kier alpha value is -1.20. The number of likely N-dealkylation sites (tertiary alicyclic amines) is 2. The Bertz CT molecular complexity index is 829. The van der Waals surface area contributed by atoms with Crippen molar-refractivity contribution >= 4 is 41.3 Å². The fourth-order valence-electron chi connectivity index (χ4n) is 4.77. The van der Waals surface area contributed by atoms with Gasteiger partial charge in [0, 0.05) is 50.5 Å². The number of aryl methyl sites for hydroxylation is 1. The SMILES string of the molecule is CCNC(=NCC1CCN(Cc2csc(C)n2)CC1)N1CCC(C)C(n2ccnc2)C1.I. The van der Waals surface area contributed by atoms with E-state index in [0.29, 0.717) is 17.9 Å². The summed E-state index contributed by atoms with van der Waals surface area (Å²) < 4.78 is 2.26. The van der Waals surface area contributed by atoms with Gasteiger partial charge in [-0.15, -0.1) is 35.3 Å². The molecule has 2 saturated heterocycles. The molecule has 2 fully saturated rings. The monoisotopic (exact) mass is 571 g/mol. The van der Waals surface area contributed by atoms with E-state index < -0.39 is 0 Å². The van der Waals surface area contributed by atoms with Crippen molar-refractivity contribution in [3.8, 4) is 0 Å². The minimum Gasteiger partial charge on any atom is -0.357 e. The van der Waals surface area contributed by atoms with Crippen molar-refractivity contribution in [2.24, 2.45) is 16.8 Å². The summed E-state index contributed by atoms with van der Waals surface area (Å²) in [5, 5.41) is 6.91. The molecule has 9 heteroatoms. The second kappa shape index (κ2) is 12.3. The lowest BCUT2D eigenvalue weighted by Gasteiger charge is -2.39. The lowest BCUT2D eigenvalue weighted by atomic mass is 9.93. The van der Waals surface area contributed by atoms with Crippen molar-refractivity contribution in [2.75, 3.05) is 39.3 Å². The van der Waals surface area contributed by atoms with Crippen LogP contribution in [0.4, 0.5) is 0 Å². The Labute approximate surface area is 213 Å². The highest BCUT2D eigenvalue weighted by Crippen LogP contribution is 2.27. The van der Waals surface area contributed by atoms with E-state index in [0.717, 1.165) is 56.8 Å². The van der Waals surface area contributed by atoms with Crippen LogP contribution in [0.25, 0.3) is 0 Å². The summed E-state index contributed by atoms with van der Waals surface area (Å²) in [6.07, 6.45) is 9.56. The minimum absolute atomic E-state index is 0. The van der Waals surface area contributed by atoms with Crippen LogP contribution >= 0.6 is 35.3 Å². The fraction of sp³-hybridized carbons (Fsp3) is 0.696. The normalized spacial score (nSPS) is 23.2. The van der Waals surface area contributed by atoms with Crippen molar-refractivity contribution in [2.45, 2.75) is 52.6 Å². The molecule has 2 atom stereocenters. The molecule has 0 saturated carbocycles. The van der Waals surface area contributed by atoms with Gasteiger partial charge in [0.25, 0.3) is 0 Å². The summed E-state index contributed by atoms with van der Waals surface area (Å²) >= 11 is 1.75. The maximum atomic E-state index is 5.09. The van der Waals surface area contributed by atoms with Crippen LogP contribution in [0.5, 0.6) is 0 Å². The van der Waals surface area contributed by atoms with E-state index >= 15 is 0 Å². The minimum atomic E-state index is 0. The van der Waals surface area contributed by atoms with Crippen molar-refractivity contribution in [1.82, 2.24) is 29.7 Å². The number of piperidine rings is 2. The zero-order valence-corrected chi connectivity index (χ0v) is 22.8. The Morgan fingerprint density at radius 2 is 2.06 bits per heavy atom. The van der Waals surface area contributed by atoms with Crippen LogP contribution in [-0.2, 0) is 6.54 Å². The van der Waals surface area contributed by atoms with Crippen LogP contribution in [0.1, 0.15) is 49.9 Å². The molecule has 2 aromatic heterocycles. The molecule has 0 spiro atoms. The Morgan fingerprint density at radius 3 is 2.72 bits per heavy atom. The van der Waals surface area contributed by atoms with E-state index in [1.165, 1.54) is 25.0 Å². The zero-order chi connectivity index (χ0) is 21.6. The molecule has 0 bridgehead atoms. The fourth-order valence-corrected chi connectivity index (χ4v) is 5.38. The first-order valence-corrected chi connectivity index (χ1v) is 12.6. The predicted octanol–water partition coefficient (Wildman–Crippen LogP) is 4.03. The summed E-state index contributed by atoms with van der Waals surface area (Å²) in [4.78, 5) is 19.0. The lowest BCUT2D eigenvalue weighted by molar-refractivity contribution is 0.176. The van der Waals surface area contributed by atoms with Gasteiger partial charge in [-0.1, -0.05) is 6.92 Å². The number of guanidine groups is 1. The van der Waals surface area contributed by atoms with Gasteiger partial charge in [-0.3, -0.25) is 9.89 Å². The highest BCUT2D eigenvalue weighted by molar-refractivity contribution is 14.0. The predicted molar refractivity (Wildman–Crippen MR) is 143 cm³/mol. The van der Waals surface area contributed by atoms with Crippen molar-refractivity contribution in [3.05, 3.63) is 34.8 Å². The average Bonchev–Trinajstić information content (AvgIpc) is 3.45. The maximum absolute atomic E-state index is 5.09. The third-order valence-electron chi connectivity index (χ3n) is 6.72. The molecule has 0 amide bonds. The molecule has 2 unspecified atom stereocenters. The van der Waals surface area contributed by atoms with Crippen molar-refractivity contribution < 1.29 is 0 Å². The molecule has 4 heterocycles. The first kappa shape index (κ1) is 25.4. The van der Waals surface area contributed by atoms with Gasteiger partial charge < -0.3 is 14.8 Å². The number of rotatable bonds is 6. The Morgan fingerprint density at radius 1 is 1.25 bits per heavy atom. The van der Waals surface area contributed by atoms with Crippen LogP contribution < -0.4 is 5.32 Å². The molecular formula is C23H38IN7S. The third-order valence-corrected chi connectivity index (χ3v) is 7.54. The van der Waals surface area contributed by atoms with Gasteiger partial charge in [-0.05, 0) is 58.0 Å². The molecule has 2 aromatic rings. The maximum Gasteiger partial charge on any atom is 0.193 e. The second-order valence-corrected chi connectivity index (χ2v) is 10.1. The number of imidazole rings is 1. The number of thiazole rings is 1. The molecule has 178 valence electrons. The van der Waals surface area contributed by atoms with Gasteiger partial charge in [-0.2, -0.15) is 0 Å². The molecule has 2 aliphatic rings. The number of aromatic nitrogens is 3.